The molecule has 0 spiro atoms. The molecule has 1 aromatic heterocycles. The van der Waals surface area contributed by atoms with Crippen LogP contribution in [0.15, 0.2) is 36.5 Å². The van der Waals surface area contributed by atoms with E-state index >= 15 is 0 Å². The zero-order chi connectivity index (χ0) is 27.7. The Kier molecular flexibility index (Phi) is 10.3. The van der Waals surface area contributed by atoms with Crippen LogP contribution in [0.5, 0.6) is 0 Å². The number of benzene rings is 1. The van der Waals surface area contributed by atoms with Crippen LogP contribution >= 0.6 is 0 Å². The molecule has 1 aliphatic rings. The summed E-state index contributed by atoms with van der Waals surface area (Å²) in [6.07, 6.45) is -4.19. The quantitative estimate of drug-likeness (QED) is 0.312. The zero-order valence-electron chi connectivity index (χ0n) is 21.9. The van der Waals surface area contributed by atoms with Crippen LogP contribution in [0.2, 0.25) is 0 Å². The van der Waals surface area contributed by atoms with Crippen molar-refractivity contribution in [1.29, 1.82) is 0 Å². The summed E-state index contributed by atoms with van der Waals surface area (Å²) in [7, 11) is 0. The van der Waals surface area contributed by atoms with Crippen LogP contribution in [0.4, 0.5) is 0 Å². The number of esters is 4. The predicted molar refractivity (Wildman–Crippen MR) is 131 cm³/mol. The highest BCUT2D eigenvalue weighted by molar-refractivity contribution is 5.71. The van der Waals surface area contributed by atoms with Gasteiger partial charge in [-0.25, -0.2) is 4.68 Å². The molecule has 2 heterocycles. The van der Waals surface area contributed by atoms with Crippen molar-refractivity contribution in [2.24, 2.45) is 0 Å². The lowest BCUT2D eigenvalue weighted by atomic mass is 9.97. The molecule has 1 saturated heterocycles. The summed E-state index contributed by atoms with van der Waals surface area (Å²) in [5, 5.41) is 8.38. The van der Waals surface area contributed by atoms with Gasteiger partial charge in [-0.05, 0) is 0 Å². The maximum atomic E-state index is 12.5. The van der Waals surface area contributed by atoms with Crippen LogP contribution in [0, 0.1) is 0 Å². The van der Waals surface area contributed by atoms with Crippen molar-refractivity contribution in [3.63, 3.8) is 0 Å². The first-order chi connectivity index (χ1) is 18.3. The zero-order valence-corrected chi connectivity index (χ0v) is 21.9. The molecule has 38 heavy (non-hydrogen) atoms. The van der Waals surface area contributed by atoms with Crippen molar-refractivity contribution in [3.05, 3.63) is 36.5 Å². The van der Waals surface area contributed by atoms with Gasteiger partial charge in [0.2, 0.25) is 0 Å². The molecule has 0 aliphatic carbocycles. The largest absolute Gasteiger partial charge is 0.463 e. The average Bonchev–Trinajstić information content (AvgIpc) is 3.44. The van der Waals surface area contributed by atoms with Crippen molar-refractivity contribution >= 4 is 23.9 Å². The molecule has 5 atom stereocenters. The van der Waals surface area contributed by atoms with Gasteiger partial charge in [0, 0.05) is 31.2 Å². The summed E-state index contributed by atoms with van der Waals surface area (Å²) in [6, 6.07) is 9.27. The molecule has 3 rings (SSSR count). The van der Waals surface area contributed by atoms with E-state index in [1.165, 1.54) is 4.68 Å². The van der Waals surface area contributed by atoms with Gasteiger partial charge in [-0.2, -0.15) is 0 Å². The molecule has 0 N–H and O–H groups in total. The van der Waals surface area contributed by atoms with E-state index in [4.69, 9.17) is 23.7 Å². The Balaban J connectivity index is 2.07. The van der Waals surface area contributed by atoms with Crippen molar-refractivity contribution in [2.45, 2.75) is 84.0 Å². The van der Waals surface area contributed by atoms with Gasteiger partial charge >= 0.3 is 23.9 Å². The number of nitrogens with zero attached hydrogens (tertiary/aromatic N) is 3. The van der Waals surface area contributed by atoms with Crippen LogP contribution in [-0.4, -0.2) is 69.9 Å². The molecule has 1 fully saturated rings. The number of ether oxygens (including phenoxy) is 5. The molecule has 0 unspecified atom stereocenters. The van der Waals surface area contributed by atoms with E-state index in [-0.39, 0.29) is 32.3 Å². The summed E-state index contributed by atoms with van der Waals surface area (Å²) in [6.45, 7) is 6.14. The Morgan fingerprint density at radius 1 is 0.789 bits per heavy atom. The minimum absolute atomic E-state index is 0.0158. The van der Waals surface area contributed by atoms with E-state index in [0.717, 1.165) is 5.56 Å². The lowest BCUT2D eigenvalue weighted by molar-refractivity contribution is -0.271. The lowest BCUT2D eigenvalue weighted by Crippen LogP contribution is -2.60. The van der Waals surface area contributed by atoms with E-state index in [0.29, 0.717) is 5.69 Å². The number of carbonyl (C=O) groups is 4. The standard InChI is InChI=1S/C26H33N3O9/c1-5-19(30)34-15-18-23(36-20(31)6-2)24(37-21(32)7-3)25(38-22(33)8-4)26(35-18)29-14-17(27-28-29)16-12-10-9-11-13-16/h9-14,18,23-26H,5-8,15H2,1-4H3/t18-,23-,24+,25-,26-/m1/s1. The van der Waals surface area contributed by atoms with Crippen LogP contribution in [0.1, 0.15) is 59.6 Å². The monoisotopic (exact) mass is 531 g/mol. The maximum absolute atomic E-state index is 12.5. The third kappa shape index (κ3) is 7.15. The fourth-order valence-electron chi connectivity index (χ4n) is 3.77. The third-order valence-corrected chi connectivity index (χ3v) is 5.82. The number of hydrogen-bond acceptors (Lipinski definition) is 11. The van der Waals surface area contributed by atoms with E-state index in [2.05, 4.69) is 10.3 Å². The second-order valence-electron chi connectivity index (χ2n) is 8.48. The normalized spacial score (nSPS) is 22.8. The number of aromatic nitrogens is 3. The molecule has 1 aromatic carbocycles. The van der Waals surface area contributed by atoms with Crippen LogP contribution in [-0.2, 0) is 42.9 Å². The molecule has 12 heteroatoms. The lowest BCUT2D eigenvalue weighted by Gasteiger charge is -2.44. The smallest absolute Gasteiger partial charge is 0.306 e. The van der Waals surface area contributed by atoms with Crippen molar-refractivity contribution in [3.8, 4) is 11.3 Å². The van der Waals surface area contributed by atoms with Gasteiger partial charge in [0.25, 0.3) is 0 Å². The number of hydrogen-bond donors (Lipinski definition) is 0. The van der Waals surface area contributed by atoms with E-state index in [9.17, 15) is 19.2 Å². The van der Waals surface area contributed by atoms with Crippen molar-refractivity contribution < 1.29 is 42.9 Å². The third-order valence-electron chi connectivity index (χ3n) is 5.82. The second-order valence-corrected chi connectivity index (χ2v) is 8.48. The Bertz CT molecular complexity index is 1100. The topological polar surface area (TPSA) is 145 Å². The highest BCUT2D eigenvalue weighted by Crippen LogP contribution is 2.35. The summed E-state index contributed by atoms with van der Waals surface area (Å²) in [5.74, 6) is -2.31. The first-order valence-corrected chi connectivity index (χ1v) is 12.7. The van der Waals surface area contributed by atoms with Crippen molar-refractivity contribution in [2.75, 3.05) is 6.61 Å². The van der Waals surface area contributed by atoms with Gasteiger partial charge in [0.1, 0.15) is 18.4 Å². The van der Waals surface area contributed by atoms with Gasteiger partial charge < -0.3 is 23.7 Å². The second kappa shape index (κ2) is 13.7. The van der Waals surface area contributed by atoms with Crippen LogP contribution < -0.4 is 0 Å². The first kappa shape index (κ1) is 28.8. The number of carbonyl (C=O) groups excluding carboxylic acids is 4. The predicted octanol–water partition coefficient (Wildman–Crippen LogP) is 2.76. The van der Waals surface area contributed by atoms with Gasteiger partial charge in [0.15, 0.2) is 24.5 Å². The molecular formula is C26H33N3O9. The van der Waals surface area contributed by atoms with E-state index in [1.54, 1.807) is 33.9 Å². The summed E-state index contributed by atoms with van der Waals surface area (Å²) in [5.41, 5.74) is 1.30. The van der Waals surface area contributed by atoms with E-state index in [1.807, 2.05) is 30.3 Å². The Hall–Kier alpha value is -3.80. The maximum Gasteiger partial charge on any atom is 0.306 e. The fourth-order valence-corrected chi connectivity index (χ4v) is 3.77. The van der Waals surface area contributed by atoms with Crippen LogP contribution in [0.3, 0.4) is 0 Å². The van der Waals surface area contributed by atoms with E-state index < -0.39 is 54.5 Å². The van der Waals surface area contributed by atoms with Gasteiger partial charge in [-0.3, -0.25) is 19.2 Å². The molecule has 0 amide bonds. The average molecular weight is 532 g/mol. The summed E-state index contributed by atoms with van der Waals surface area (Å²) >= 11 is 0. The Morgan fingerprint density at radius 3 is 1.92 bits per heavy atom. The molecule has 0 radical (unpaired) electrons. The highest BCUT2D eigenvalue weighted by Gasteiger charge is 2.53. The summed E-state index contributed by atoms with van der Waals surface area (Å²) < 4.78 is 29.9. The molecule has 0 saturated carbocycles. The van der Waals surface area contributed by atoms with Gasteiger partial charge in [-0.1, -0.05) is 63.2 Å². The minimum atomic E-state index is -1.28. The van der Waals surface area contributed by atoms with Gasteiger partial charge in [-0.15, -0.1) is 5.10 Å². The molecule has 12 nitrogen and oxygen atoms in total. The highest BCUT2D eigenvalue weighted by atomic mass is 16.7. The molecule has 2 aromatic rings. The minimum Gasteiger partial charge on any atom is -0.463 e. The van der Waals surface area contributed by atoms with Crippen LogP contribution in [0.25, 0.3) is 11.3 Å². The fraction of sp³-hybridized carbons (Fsp3) is 0.538. The van der Waals surface area contributed by atoms with Crippen molar-refractivity contribution in [1.82, 2.24) is 15.0 Å². The molecular weight excluding hydrogens is 498 g/mol. The summed E-state index contributed by atoms with van der Waals surface area (Å²) in [4.78, 5) is 49.2. The molecule has 0 bridgehead atoms. The Labute approximate surface area is 220 Å². The molecule has 1 aliphatic heterocycles. The van der Waals surface area contributed by atoms with Gasteiger partial charge in [0.05, 0.1) is 6.20 Å². The SMILES string of the molecule is CCC(=O)OC[C@H]1O[C@@H](n2cc(-c3ccccc3)nn2)[C@H](OC(=O)CC)[C@@H](OC(=O)CC)[C@@H]1OC(=O)CC. The molecule has 206 valence electrons. The number of rotatable bonds is 11. The first-order valence-electron chi connectivity index (χ1n) is 12.7. The Morgan fingerprint density at radius 2 is 1.34 bits per heavy atom.